The first-order chi connectivity index (χ1) is 9.78. The van der Waals surface area contributed by atoms with E-state index in [4.69, 9.17) is 5.26 Å². The third-order valence-corrected chi connectivity index (χ3v) is 4.14. The van der Waals surface area contributed by atoms with Gasteiger partial charge < -0.3 is 5.32 Å². The van der Waals surface area contributed by atoms with Crippen LogP contribution in [0.2, 0.25) is 0 Å². The molecule has 0 aliphatic carbocycles. The number of nitrogens with one attached hydrogen (secondary N) is 1. The summed E-state index contributed by atoms with van der Waals surface area (Å²) in [5.74, 6) is -0.399. The molecule has 0 spiro atoms. The first-order valence-corrected chi connectivity index (χ1v) is 7.04. The Bertz CT molecular complexity index is 802. The summed E-state index contributed by atoms with van der Waals surface area (Å²) in [7, 11) is 0. The monoisotopic (exact) mass is 282 g/mol. The molecule has 2 nitrogen and oxygen atoms in total. The van der Waals surface area contributed by atoms with Crippen LogP contribution in [0.3, 0.4) is 0 Å². The largest absolute Gasteiger partial charge is 0.379 e. The van der Waals surface area contributed by atoms with E-state index >= 15 is 0 Å². The van der Waals surface area contributed by atoms with Crippen molar-refractivity contribution in [3.8, 4) is 6.07 Å². The van der Waals surface area contributed by atoms with Crippen LogP contribution in [0.4, 0.5) is 10.1 Å². The molecule has 4 heteroatoms. The molecule has 98 valence electrons. The summed E-state index contributed by atoms with van der Waals surface area (Å²) in [6, 6.07) is 14.5. The smallest absolute Gasteiger partial charge is 0.147 e. The van der Waals surface area contributed by atoms with E-state index in [2.05, 4.69) is 22.8 Å². The summed E-state index contributed by atoms with van der Waals surface area (Å²) in [5, 5.41) is 15.1. The Hall–Kier alpha value is -2.38. The number of hydrogen-bond acceptors (Lipinski definition) is 3. The minimum Gasteiger partial charge on any atom is -0.379 e. The first-order valence-electron chi connectivity index (χ1n) is 6.16. The normalized spacial score (nSPS) is 10.4. The zero-order chi connectivity index (χ0) is 13.9. The molecule has 3 rings (SSSR count). The quantitative estimate of drug-likeness (QED) is 0.766. The average Bonchev–Trinajstić information content (AvgIpc) is 2.89. The highest BCUT2D eigenvalue weighted by molar-refractivity contribution is 7.17. The number of anilines is 1. The van der Waals surface area contributed by atoms with E-state index < -0.39 is 5.82 Å². The van der Waals surface area contributed by atoms with Crippen molar-refractivity contribution < 1.29 is 4.39 Å². The number of nitriles is 1. The number of fused-ring (bicyclic) bond motifs is 1. The van der Waals surface area contributed by atoms with Gasteiger partial charge in [0.15, 0.2) is 0 Å². The highest BCUT2D eigenvalue weighted by Gasteiger charge is 2.06. The first kappa shape index (κ1) is 12.6. The third-order valence-electron chi connectivity index (χ3n) is 3.13. The standard InChI is InChI=1S/C16H11FN2S/c17-14-7-11(8-18)5-6-15(14)19-9-12-10-20-16-4-2-1-3-13(12)16/h1-7,10,19H,9H2. The Morgan fingerprint density at radius 1 is 1.20 bits per heavy atom. The Morgan fingerprint density at radius 3 is 2.85 bits per heavy atom. The maximum absolute atomic E-state index is 13.8. The third kappa shape index (κ3) is 2.36. The highest BCUT2D eigenvalue weighted by Crippen LogP contribution is 2.26. The van der Waals surface area contributed by atoms with Gasteiger partial charge in [-0.15, -0.1) is 11.3 Å². The minimum absolute atomic E-state index is 0.328. The Morgan fingerprint density at radius 2 is 2.05 bits per heavy atom. The fourth-order valence-corrected chi connectivity index (χ4v) is 3.05. The second-order valence-electron chi connectivity index (χ2n) is 4.42. The van der Waals surface area contributed by atoms with E-state index in [1.54, 1.807) is 23.5 Å². The maximum atomic E-state index is 13.8. The van der Waals surface area contributed by atoms with Crippen molar-refractivity contribution in [1.29, 1.82) is 5.26 Å². The van der Waals surface area contributed by atoms with E-state index in [0.29, 0.717) is 17.8 Å². The molecule has 0 bridgehead atoms. The number of nitrogens with zero attached hydrogens (tertiary/aromatic N) is 1. The van der Waals surface area contributed by atoms with Gasteiger partial charge in [-0.05, 0) is 40.6 Å². The fourth-order valence-electron chi connectivity index (χ4n) is 2.09. The molecule has 0 atom stereocenters. The molecule has 1 N–H and O–H groups in total. The number of rotatable bonds is 3. The van der Waals surface area contributed by atoms with E-state index in [1.807, 2.05) is 18.2 Å². The molecule has 1 heterocycles. The molecule has 0 amide bonds. The van der Waals surface area contributed by atoms with Crippen molar-refractivity contribution >= 4 is 27.1 Å². The SMILES string of the molecule is N#Cc1ccc(NCc2csc3ccccc23)c(F)c1. The Kier molecular flexibility index (Phi) is 3.36. The molecule has 0 fully saturated rings. The van der Waals surface area contributed by atoms with Crippen LogP contribution in [0.25, 0.3) is 10.1 Å². The molecule has 2 aromatic carbocycles. The van der Waals surface area contributed by atoms with Crippen LogP contribution < -0.4 is 5.32 Å². The van der Waals surface area contributed by atoms with Crippen LogP contribution in [0.15, 0.2) is 47.8 Å². The summed E-state index contributed by atoms with van der Waals surface area (Å²) in [6.07, 6.45) is 0. The maximum Gasteiger partial charge on any atom is 0.147 e. The number of hydrogen-bond donors (Lipinski definition) is 1. The molecule has 0 unspecified atom stereocenters. The van der Waals surface area contributed by atoms with Crippen molar-refractivity contribution in [3.63, 3.8) is 0 Å². The fraction of sp³-hybridized carbons (Fsp3) is 0.0625. The van der Waals surface area contributed by atoms with Gasteiger partial charge in [0.25, 0.3) is 0 Å². The predicted octanol–water partition coefficient (Wildman–Crippen LogP) is 4.52. The van der Waals surface area contributed by atoms with Gasteiger partial charge in [0, 0.05) is 11.2 Å². The number of halogens is 1. The van der Waals surface area contributed by atoms with Gasteiger partial charge in [-0.25, -0.2) is 4.39 Å². The predicted molar refractivity (Wildman–Crippen MR) is 80.3 cm³/mol. The zero-order valence-electron chi connectivity index (χ0n) is 10.6. The van der Waals surface area contributed by atoms with E-state index in [1.165, 1.54) is 16.2 Å². The van der Waals surface area contributed by atoms with Crippen LogP contribution in [0.1, 0.15) is 11.1 Å². The van der Waals surface area contributed by atoms with Crippen LogP contribution in [-0.4, -0.2) is 0 Å². The van der Waals surface area contributed by atoms with E-state index in [9.17, 15) is 4.39 Å². The van der Waals surface area contributed by atoms with E-state index in [-0.39, 0.29) is 0 Å². The molecular formula is C16H11FN2S. The van der Waals surface area contributed by atoms with Gasteiger partial charge in [0.1, 0.15) is 5.82 Å². The molecule has 0 saturated carbocycles. The number of thiophene rings is 1. The lowest BCUT2D eigenvalue weighted by Crippen LogP contribution is -2.01. The van der Waals surface area contributed by atoms with Gasteiger partial charge in [0.2, 0.25) is 0 Å². The van der Waals surface area contributed by atoms with E-state index in [0.717, 1.165) is 5.56 Å². The van der Waals surface area contributed by atoms with Crippen molar-refractivity contribution in [2.45, 2.75) is 6.54 Å². The summed E-state index contributed by atoms with van der Waals surface area (Å²) in [4.78, 5) is 0. The summed E-state index contributed by atoms with van der Waals surface area (Å²) < 4.78 is 15.0. The van der Waals surface area contributed by atoms with Crippen molar-refractivity contribution in [2.75, 3.05) is 5.32 Å². The second kappa shape index (κ2) is 5.32. The molecule has 3 aromatic rings. The molecule has 0 saturated heterocycles. The van der Waals surface area contributed by atoms with Gasteiger partial charge >= 0.3 is 0 Å². The summed E-state index contributed by atoms with van der Waals surface area (Å²) in [5.41, 5.74) is 1.89. The summed E-state index contributed by atoms with van der Waals surface area (Å²) in [6.45, 7) is 0.562. The van der Waals surface area contributed by atoms with Crippen molar-refractivity contribution in [2.24, 2.45) is 0 Å². The lowest BCUT2D eigenvalue weighted by Gasteiger charge is -2.07. The molecule has 20 heavy (non-hydrogen) atoms. The van der Waals surface area contributed by atoms with Gasteiger partial charge in [-0.2, -0.15) is 5.26 Å². The molecule has 0 aliphatic rings. The lowest BCUT2D eigenvalue weighted by atomic mass is 10.1. The van der Waals surface area contributed by atoms with Crippen LogP contribution >= 0.6 is 11.3 Å². The van der Waals surface area contributed by atoms with Crippen molar-refractivity contribution in [1.82, 2.24) is 0 Å². The minimum atomic E-state index is -0.399. The van der Waals surface area contributed by atoms with Crippen LogP contribution in [0, 0.1) is 17.1 Å². The van der Waals surface area contributed by atoms with Crippen molar-refractivity contribution in [3.05, 3.63) is 64.8 Å². The van der Waals surface area contributed by atoms with Gasteiger partial charge in [-0.1, -0.05) is 18.2 Å². The average molecular weight is 282 g/mol. The van der Waals surface area contributed by atoms with Crippen LogP contribution in [-0.2, 0) is 6.54 Å². The summed E-state index contributed by atoms with van der Waals surface area (Å²) >= 11 is 1.68. The highest BCUT2D eigenvalue weighted by atomic mass is 32.1. The van der Waals surface area contributed by atoms with Crippen LogP contribution in [0.5, 0.6) is 0 Å². The number of benzene rings is 2. The molecule has 0 aliphatic heterocycles. The zero-order valence-corrected chi connectivity index (χ0v) is 11.4. The second-order valence-corrected chi connectivity index (χ2v) is 5.33. The topological polar surface area (TPSA) is 35.8 Å². The Balaban J connectivity index is 1.81. The Labute approximate surface area is 120 Å². The lowest BCUT2D eigenvalue weighted by molar-refractivity contribution is 0.629. The molecule has 1 aromatic heterocycles. The van der Waals surface area contributed by atoms with Gasteiger partial charge in [0.05, 0.1) is 17.3 Å². The van der Waals surface area contributed by atoms with Gasteiger partial charge in [-0.3, -0.25) is 0 Å². The molecular weight excluding hydrogens is 271 g/mol. The molecule has 0 radical (unpaired) electrons.